The van der Waals surface area contributed by atoms with Crippen LogP contribution in [0.3, 0.4) is 0 Å². The predicted molar refractivity (Wildman–Crippen MR) is 99.8 cm³/mol. The number of pyridine rings is 2. The summed E-state index contributed by atoms with van der Waals surface area (Å²) in [5.41, 5.74) is 3.90. The molecule has 4 aromatic heterocycles. The molecular weight excluding hydrogens is 332 g/mol. The maximum absolute atomic E-state index is 10.8. The minimum atomic E-state index is 0.252. The molecule has 0 aliphatic rings. The van der Waals surface area contributed by atoms with E-state index in [1.165, 1.54) is 0 Å². The lowest BCUT2D eigenvalue weighted by Gasteiger charge is -2.05. The lowest BCUT2D eigenvalue weighted by atomic mass is 10.1. The second kappa shape index (κ2) is 6.64. The molecule has 0 saturated heterocycles. The molecule has 25 heavy (non-hydrogen) atoms. The zero-order valence-electron chi connectivity index (χ0n) is 13.9. The molecule has 4 aromatic rings. The molecule has 4 heterocycles. The van der Waals surface area contributed by atoms with Crippen LogP contribution in [0.25, 0.3) is 22.0 Å². The maximum Gasteiger partial charge on any atom is 0.201 e. The zero-order valence-corrected chi connectivity index (χ0v) is 14.7. The van der Waals surface area contributed by atoms with Crippen LogP contribution >= 0.6 is 11.3 Å². The van der Waals surface area contributed by atoms with Crippen LogP contribution in [-0.4, -0.2) is 24.6 Å². The summed E-state index contributed by atoms with van der Waals surface area (Å²) in [7, 11) is 0. The van der Waals surface area contributed by atoms with Crippen molar-refractivity contribution in [2.24, 2.45) is 0 Å². The molecule has 0 fully saturated rings. The van der Waals surface area contributed by atoms with Crippen LogP contribution in [0.15, 0.2) is 48.4 Å². The summed E-state index contributed by atoms with van der Waals surface area (Å²) in [5, 5.41) is 14.7. The van der Waals surface area contributed by atoms with Gasteiger partial charge in [-0.15, -0.1) is 11.3 Å². The van der Waals surface area contributed by atoms with E-state index < -0.39 is 0 Å². The molecule has 0 unspecified atom stereocenters. The minimum Gasteiger partial charge on any atom is -0.494 e. The fourth-order valence-electron chi connectivity index (χ4n) is 2.95. The van der Waals surface area contributed by atoms with Gasteiger partial charge in [-0.2, -0.15) is 0 Å². The van der Waals surface area contributed by atoms with Crippen molar-refractivity contribution in [1.29, 1.82) is 0 Å². The molecule has 5 nitrogen and oxygen atoms in total. The van der Waals surface area contributed by atoms with E-state index in [2.05, 4.69) is 27.3 Å². The third-order valence-corrected chi connectivity index (χ3v) is 5.23. The zero-order chi connectivity index (χ0) is 17.2. The summed E-state index contributed by atoms with van der Waals surface area (Å²) in [5.74, 6) is 0.252. The highest BCUT2D eigenvalue weighted by Gasteiger charge is 2.14. The number of aromatic hydroxyl groups is 1. The van der Waals surface area contributed by atoms with E-state index in [0.717, 1.165) is 45.6 Å². The first-order valence-corrected chi connectivity index (χ1v) is 9.14. The summed E-state index contributed by atoms with van der Waals surface area (Å²) in [6.07, 6.45) is 8.94. The average Bonchev–Trinajstić information content (AvgIpc) is 3.25. The molecule has 0 spiro atoms. The summed E-state index contributed by atoms with van der Waals surface area (Å²) >= 11 is 1.68. The van der Waals surface area contributed by atoms with E-state index in [9.17, 15) is 5.11 Å². The average molecular weight is 350 g/mol. The molecule has 0 bridgehead atoms. The number of fused-ring (bicyclic) bond motifs is 1. The smallest absolute Gasteiger partial charge is 0.201 e. The minimum absolute atomic E-state index is 0.252. The summed E-state index contributed by atoms with van der Waals surface area (Å²) in [6, 6.07) is 5.80. The van der Waals surface area contributed by atoms with Crippen LogP contribution in [0.1, 0.15) is 17.6 Å². The van der Waals surface area contributed by atoms with E-state index in [1.54, 1.807) is 29.9 Å². The van der Waals surface area contributed by atoms with Crippen molar-refractivity contribution in [2.45, 2.75) is 26.3 Å². The van der Waals surface area contributed by atoms with Gasteiger partial charge in [0, 0.05) is 43.1 Å². The lowest BCUT2D eigenvalue weighted by molar-refractivity contribution is 0.422. The number of thiazole rings is 1. The van der Waals surface area contributed by atoms with Crippen molar-refractivity contribution < 1.29 is 5.11 Å². The molecule has 4 rings (SSSR count). The third kappa shape index (κ3) is 3.00. The van der Waals surface area contributed by atoms with Crippen LogP contribution in [0.4, 0.5) is 0 Å². The van der Waals surface area contributed by atoms with Gasteiger partial charge >= 0.3 is 0 Å². The Labute approximate surface area is 149 Å². The van der Waals surface area contributed by atoms with Gasteiger partial charge in [0.05, 0.1) is 21.6 Å². The van der Waals surface area contributed by atoms with Gasteiger partial charge in [-0.05, 0) is 35.7 Å². The maximum atomic E-state index is 10.8. The van der Waals surface area contributed by atoms with Crippen molar-refractivity contribution in [3.05, 3.63) is 59.1 Å². The molecule has 6 heteroatoms. The fourth-order valence-corrected chi connectivity index (χ4v) is 3.82. The highest BCUT2D eigenvalue weighted by atomic mass is 32.1. The van der Waals surface area contributed by atoms with Gasteiger partial charge in [0.1, 0.15) is 0 Å². The number of rotatable bonds is 5. The SMILES string of the molecule is CCc1csc(CCn2cc3nccc(-c4ccncc4)c3c2O)n1. The van der Waals surface area contributed by atoms with Gasteiger partial charge in [-0.3, -0.25) is 9.97 Å². The molecular formula is C19H18N4OS. The second-order valence-corrected chi connectivity index (χ2v) is 6.78. The quantitative estimate of drug-likeness (QED) is 0.589. The van der Waals surface area contributed by atoms with Crippen LogP contribution in [0, 0.1) is 0 Å². The first kappa shape index (κ1) is 15.8. The third-order valence-electron chi connectivity index (χ3n) is 4.27. The monoisotopic (exact) mass is 350 g/mol. The van der Waals surface area contributed by atoms with Gasteiger partial charge in [0.2, 0.25) is 5.88 Å². The van der Waals surface area contributed by atoms with Gasteiger partial charge in [0.25, 0.3) is 0 Å². The van der Waals surface area contributed by atoms with E-state index in [0.29, 0.717) is 6.54 Å². The highest BCUT2D eigenvalue weighted by molar-refractivity contribution is 7.09. The van der Waals surface area contributed by atoms with E-state index >= 15 is 0 Å². The largest absolute Gasteiger partial charge is 0.494 e. The van der Waals surface area contributed by atoms with Crippen LogP contribution in [-0.2, 0) is 19.4 Å². The van der Waals surface area contributed by atoms with E-state index in [4.69, 9.17) is 0 Å². The first-order chi connectivity index (χ1) is 12.3. The summed E-state index contributed by atoms with van der Waals surface area (Å²) in [4.78, 5) is 13.1. The normalized spacial score (nSPS) is 11.2. The summed E-state index contributed by atoms with van der Waals surface area (Å²) in [6.45, 7) is 2.78. The number of aromatic nitrogens is 4. The van der Waals surface area contributed by atoms with Crippen molar-refractivity contribution in [3.8, 4) is 17.0 Å². The van der Waals surface area contributed by atoms with Gasteiger partial charge in [-0.25, -0.2) is 4.98 Å². The number of hydrogen-bond donors (Lipinski definition) is 1. The Bertz CT molecular complexity index is 1010. The Morgan fingerprint density at radius 3 is 2.76 bits per heavy atom. The van der Waals surface area contributed by atoms with Crippen LogP contribution in [0.2, 0.25) is 0 Å². The van der Waals surface area contributed by atoms with Gasteiger partial charge in [-0.1, -0.05) is 6.92 Å². The topological polar surface area (TPSA) is 63.8 Å². The molecule has 126 valence electrons. The first-order valence-electron chi connectivity index (χ1n) is 8.26. The standard InChI is InChI=1S/C19H18N4OS/c1-2-14-12-25-17(22-14)6-10-23-11-16-18(19(23)24)15(5-9-21-16)13-3-7-20-8-4-13/h3-5,7-9,11-12,24H,2,6,10H2,1H3. The van der Waals surface area contributed by atoms with Crippen molar-refractivity contribution in [3.63, 3.8) is 0 Å². The van der Waals surface area contributed by atoms with Crippen LogP contribution in [0.5, 0.6) is 5.88 Å². The highest BCUT2D eigenvalue weighted by Crippen LogP contribution is 2.35. The Hall–Kier alpha value is -2.73. The van der Waals surface area contributed by atoms with Crippen molar-refractivity contribution in [1.82, 2.24) is 19.5 Å². The molecule has 0 amide bonds. The molecule has 0 atom stereocenters. The Balaban J connectivity index is 1.68. The number of aryl methyl sites for hydroxylation is 3. The van der Waals surface area contributed by atoms with E-state index in [-0.39, 0.29) is 5.88 Å². The number of nitrogens with zero attached hydrogens (tertiary/aromatic N) is 4. The van der Waals surface area contributed by atoms with Crippen molar-refractivity contribution >= 4 is 22.2 Å². The Kier molecular flexibility index (Phi) is 4.19. The Morgan fingerprint density at radius 1 is 1.16 bits per heavy atom. The second-order valence-electron chi connectivity index (χ2n) is 5.84. The molecule has 0 saturated carbocycles. The molecule has 0 aliphatic carbocycles. The molecule has 0 aliphatic heterocycles. The van der Waals surface area contributed by atoms with Crippen LogP contribution < -0.4 is 0 Å². The molecule has 1 N–H and O–H groups in total. The van der Waals surface area contributed by atoms with E-state index in [1.807, 2.05) is 29.0 Å². The molecule has 0 aromatic carbocycles. The predicted octanol–water partition coefficient (Wildman–Crippen LogP) is 4.07. The number of hydrogen-bond acceptors (Lipinski definition) is 5. The summed E-state index contributed by atoms with van der Waals surface area (Å²) < 4.78 is 1.86. The van der Waals surface area contributed by atoms with Gasteiger partial charge in [0.15, 0.2) is 0 Å². The molecule has 0 radical (unpaired) electrons. The fraction of sp³-hybridized carbons (Fsp3) is 0.211. The lowest BCUT2D eigenvalue weighted by Crippen LogP contribution is -1.99. The van der Waals surface area contributed by atoms with Crippen molar-refractivity contribution in [2.75, 3.05) is 0 Å². The Morgan fingerprint density at radius 2 is 2.00 bits per heavy atom. The van der Waals surface area contributed by atoms with Gasteiger partial charge < -0.3 is 9.67 Å².